The first kappa shape index (κ1) is 46.7. The van der Waals surface area contributed by atoms with Crippen molar-refractivity contribution in [2.24, 2.45) is 34.0 Å². The Morgan fingerprint density at radius 3 is 2.14 bits per heavy atom. The smallest absolute Gasteiger partial charge is 0.299 e. The highest BCUT2D eigenvalue weighted by atomic mass is 16.6. The number of carbonyl (C=O) groups excluding carboxylic acids is 7. The Balaban J connectivity index is 2.21. The molecular formula is C33H51N13O11. The van der Waals surface area contributed by atoms with Crippen LogP contribution in [-0.4, -0.2) is 113 Å². The van der Waals surface area contributed by atoms with Gasteiger partial charge in [-0.2, -0.15) is 0 Å². The van der Waals surface area contributed by atoms with Crippen LogP contribution in [0.15, 0.2) is 23.2 Å². The normalized spacial score (nSPS) is 16.8. The molecule has 13 N–H and O–H groups in total. The maximum Gasteiger partial charge on any atom is 0.299 e. The summed E-state index contributed by atoms with van der Waals surface area (Å²) >= 11 is 0. The summed E-state index contributed by atoms with van der Waals surface area (Å²) < 4.78 is 0. The second-order valence-corrected chi connectivity index (χ2v) is 13.8. The Morgan fingerprint density at radius 2 is 1.58 bits per heavy atom. The van der Waals surface area contributed by atoms with Crippen molar-refractivity contribution in [1.29, 1.82) is 0 Å². The molecule has 24 heteroatoms. The van der Waals surface area contributed by atoms with E-state index in [1.807, 2.05) is 13.8 Å². The summed E-state index contributed by atoms with van der Waals surface area (Å²) in [6.45, 7) is 5.52. The van der Waals surface area contributed by atoms with E-state index in [9.17, 15) is 53.8 Å². The van der Waals surface area contributed by atoms with E-state index in [2.05, 4.69) is 42.2 Å². The molecule has 1 aliphatic rings. The minimum atomic E-state index is -1.58. The highest BCUT2D eigenvalue weighted by molar-refractivity contribution is 5.96. The lowest BCUT2D eigenvalue weighted by atomic mass is 10.00. The zero-order chi connectivity index (χ0) is 43.0. The average molecular weight is 806 g/mol. The summed E-state index contributed by atoms with van der Waals surface area (Å²) in [7, 11) is 0. The Kier molecular flexibility index (Phi) is 18.2. The van der Waals surface area contributed by atoms with Crippen LogP contribution in [0.4, 0.5) is 17.1 Å². The van der Waals surface area contributed by atoms with Crippen LogP contribution in [0.1, 0.15) is 53.4 Å². The van der Waals surface area contributed by atoms with Gasteiger partial charge in [0, 0.05) is 31.6 Å². The highest BCUT2D eigenvalue weighted by Gasteiger charge is 2.34. The van der Waals surface area contributed by atoms with Crippen LogP contribution in [0.2, 0.25) is 0 Å². The van der Waals surface area contributed by atoms with Gasteiger partial charge in [0.05, 0.1) is 28.5 Å². The zero-order valence-electron chi connectivity index (χ0n) is 32.0. The molecule has 0 aliphatic carbocycles. The highest BCUT2D eigenvalue weighted by Crippen LogP contribution is 2.29. The van der Waals surface area contributed by atoms with Crippen molar-refractivity contribution in [3.63, 3.8) is 0 Å². The molecule has 2 rings (SSSR count). The fraction of sp³-hybridized carbons (Fsp3) is 0.576. The fourth-order valence-electron chi connectivity index (χ4n) is 5.58. The van der Waals surface area contributed by atoms with E-state index in [0.29, 0.717) is 12.6 Å². The van der Waals surface area contributed by atoms with E-state index in [-0.39, 0.29) is 61.5 Å². The third kappa shape index (κ3) is 15.7. The molecule has 0 bridgehead atoms. The van der Waals surface area contributed by atoms with Crippen molar-refractivity contribution in [3.05, 3.63) is 38.4 Å². The maximum atomic E-state index is 13.5. The molecular weight excluding hydrogens is 754 g/mol. The van der Waals surface area contributed by atoms with Crippen LogP contribution in [0, 0.1) is 32.1 Å². The first-order valence-electron chi connectivity index (χ1n) is 17.9. The van der Waals surface area contributed by atoms with E-state index in [0.717, 1.165) is 12.1 Å². The zero-order valence-corrected chi connectivity index (χ0v) is 32.0. The van der Waals surface area contributed by atoms with Crippen molar-refractivity contribution >= 4 is 64.2 Å². The topological polar surface area (TPSA) is 380 Å². The molecule has 1 aromatic rings. The van der Waals surface area contributed by atoms with Gasteiger partial charge in [-0.25, -0.2) is 0 Å². The van der Waals surface area contributed by atoms with E-state index in [1.165, 1.54) is 13.8 Å². The number of Topliss-reactive ketones (excluding diaryl/α,β-unsaturated/α-hetero) is 1. The second kappa shape index (κ2) is 22.2. The average Bonchev–Trinajstić information content (AvgIpc) is 3.64. The minimum Gasteiger partial charge on any atom is -0.377 e. The van der Waals surface area contributed by atoms with Crippen LogP contribution >= 0.6 is 0 Å². The monoisotopic (exact) mass is 805 g/mol. The Hall–Kier alpha value is -6.46. The number of rotatable bonds is 23. The third-order valence-corrected chi connectivity index (χ3v) is 8.68. The third-order valence-electron chi connectivity index (χ3n) is 8.68. The van der Waals surface area contributed by atoms with Crippen LogP contribution < -0.4 is 54.4 Å². The standard InChI is InChI=1S/C33H51N13O11/c1-16(2)10-24(44-31(52)23-11-19(13-38-23)18(4)47)30(51)40-15-27(48)42-25(14-39-21-8-7-20(45(54)55)12-26(21)46(56)57)32(53)41-17(3)29(50)43-22(28(34)49)6-5-9-37-33(35)36/h7-8,12,16-17,19,22-25,38-39H,5-6,9-11,13-15H2,1-4H3,(H2,34,49)(H,40,51)(H,41,53)(H,42,48)(H,43,50)(H,44,52)(H4,35,36,37)/t17-,19?,22-,23-,24-,25-/m0/s1. The summed E-state index contributed by atoms with van der Waals surface area (Å²) in [5.41, 5.74) is 14.4. The Labute approximate surface area is 326 Å². The molecule has 1 unspecified atom stereocenters. The molecule has 0 saturated carbocycles. The molecule has 0 aromatic heterocycles. The minimum absolute atomic E-state index is 0.0559. The number of hydrogen-bond donors (Lipinski definition) is 10. The molecule has 0 radical (unpaired) electrons. The molecule has 0 spiro atoms. The molecule has 57 heavy (non-hydrogen) atoms. The van der Waals surface area contributed by atoms with E-state index in [4.69, 9.17) is 17.2 Å². The Bertz CT molecular complexity index is 1720. The first-order chi connectivity index (χ1) is 26.7. The molecule has 6 amide bonds. The van der Waals surface area contributed by atoms with Crippen molar-refractivity contribution in [2.45, 2.75) is 83.6 Å². The molecule has 314 valence electrons. The SMILES string of the molecule is CC(=O)C1CN[C@H](C(=O)N[C@@H](CC(C)C)C(=O)NCC(=O)N[C@@H](CNc2ccc([N+](=O)[O-])cc2[N+](=O)[O-])C(=O)N[C@@H](C)C(=O)N[C@@H](CCCN=C(N)N)C(N)=O)C1. The molecule has 1 fully saturated rings. The van der Waals surface area contributed by atoms with Crippen LogP contribution in [0.5, 0.6) is 0 Å². The van der Waals surface area contributed by atoms with Gasteiger partial charge in [-0.3, -0.25) is 58.8 Å². The molecule has 6 atom stereocenters. The summed E-state index contributed by atoms with van der Waals surface area (Å²) in [6.07, 6.45) is 0.770. The molecule has 1 saturated heterocycles. The van der Waals surface area contributed by atoms with E-state index >= 15 is 0 Å². The number of carbonyl (C=O) groups is 7. The number of primary amides is 1. The van der Waals surface area contributed by atoms with Crippen molar-refractivity contribution in [1.82, 2.24) is 31.9 Å². The largest absolute Gasteiger partial charge is 0.377 e. The number of amides is 6. The predicted octanol–water partition coefficient (Wildman–Crippen LogP) is -2.86. The van der Waals surface area contributed by atoms with Gasteiger partial charge in [-0.15, -0.1) is 0 Å². The number of nitro groups is 2. The van der Waals surface area contributed by atoms with Gasteiger partial charge < -0.3 is 54.4 Å². The lowest BCUT2D eigenvalue weighted by Gasteiger charge is -2.24. The lowest BCUT2D eigenvalue weighted by molar-refractivity contribution is -0.393. The number of non-ortho nitro benzene ring substituents is 1. The van der Waals surface area contributed by atoms with E-state index < -0.39 is 100.0 Å². The number of guanidine groups is 1. The van der Waals surface area contributed by atoms with Crippen molar-refractivity contribution in [2.75, 3.05) is 31.5 Å². The molecule has 1 heterocycles. The number of nitrogens with zero attached hydrogens (tertiary/aromatic N) is 3. The molecule has 1 aromatic carbocycles. The number of nitrogens with two attached hydrogens (primary N) is 3. The number of nitro benzene ring substituents is 2. The van der Waals surface area contributed by atoms with Gasteiger partial charge >= 0.3 is 0 Å². The predicted molar refractivity (Wildman–Crippen MR) is 204 cm³/mol. The van der Waals surface area contributed by atoms with Crippen molar-refractivity contribution < 1.29 is 43.4 Å². The summed E-state index contributed by atoms with van der Waals surface area (Å²) in [5.74, 6) is -5.51. The number of hydrogen-bond acceptors (Lipinski definition) is 14. The number of benzene rings is 1. The quantitative estimate of drug-likeness (QED) is 0.0175. The van der Waals surface area contributed by atoms with Crippen LogP contribution in [-0.2, 0) is 33.6 Å². The van der Waals surface area contributed by atoms with Gasteiger partial charge in [0.1, 0.15) is 35.6 Å². The lowest BCUT2D eigenvalue weighted by Crippen LogP contribution is -2.58. The number of anilines is 1. The Morgan fingerprint density at radius 1 is 0.895 bits per heavy atom. The van der Waals surface area contributed by atoms with Gasteiger partial charge in [0.25, 0.3) is 11.4 Å². The molecule has 1 aliphatic heterocycles. The van der Waals surface area contributed by atoms with Crippen LogP contribution in [0.25, 0.3) is 0 Å². The van der Waals surface area contributed by atoms with Gasteiger partial charge in [-0.1, -0.05) is 13.8 Å². The van der Waals surface area contributed by atoms with Gasteiger partial charge in [0.2, 0.25) is 35.4 Å². The first-order valence-corrected chi connectivity index (χ1v) is 17.9. The molecule has 24 nitrogen and oxygen atoms in total. The van der Waals surface area contributed by atoms with Crippen LogP contribution in [0.3, 0.4) is 0 Å². The maximum absolute atomic E-state index is 13.5. The number of aliphatic imine (C=N–C) groups is 1. The summed E-state index contributed by atoms with van der Waals surface area (Å²) in [4.78, 5) is 114. The van der Waals surface area contributed by atoms with Gasteiger partial charge in [-0.05, 0) is 51.5 Å². The second-order valence-electron chi connectivity index (χ2n) is 13.8. The summed E-state index contributed by atoms with van der Waals surface area (Å²) in [6, 6.07) is -3.14. The van der Waals surface area contributed by atoms with E-state index in [1.54, 1.807) is 0 Å². The fourth-order valence-corrected chi connectivity index (χ4v) is 5.58. The number of nitrogens with one attached hydrogen (secondary N) is 7. The van der Waals surface area contributed by atoms with Gasteiger partial charge in [0.15, 0.2) is 5.96 Å². The number of ketones is 1. The summed E-state index contributed by atoms with van der Waals surface area (Å²) in [5, 5.41) is 40.7. The van der Waals surface area contributed by atoms with Crippen molar-refractivity contribution in [3.8, 4) is 0 Å².